The first-order valence-corrected chi connectivity index (χ1v) is 12.2. The normalized spacial score (nSPS) is 12.2. The first-order chi connectivity index (χ1) is 15.3. The van der Waals surface area contributed by atoms with Gasteiger partial charge < -0.3 is 9.47 Å². The molecule has 3 aromatic rings. The molecule has 0 spiro atoms. The highest BCUT2D eigenvalue weighted by molar-refractivity contribution is 9.11. The van der Waals surface area contributed by atoms with E-state index in [2.05, 4.69) is 15.9 Å². The number of hydrogen-bond donors (Lipinski definition) is 0. The molecule has 33 heavy (non-hydrogen) atoms. The van der Waals surface area contributed by atoms with Crippen LogP contribution >= 0.6 is 27.3 Å². The van der Waals surface area contributed by atoms with Gasteiger partial charge in [0.25, 0.3) is 5.56 Å². The van der Waals surface area contributed by atoms with Gasteiger partial charge in [0.05, 0.1) is 16.3 Å². The molecule has 0 aliphatic rings. The zero-order chi connectivity index (χ0) is 24.7. The summed E-state index contributed by atoms with van der Waals surface area (Å²) in [6, 6.07) is 7.61. The highest BCUT2D eigenvalue weighted by Gasteiger charge is 2.38. The summed E-state index contributed by atoms with van der Waals surface area (Å²) in [7, 11) is 1.60. The van der Waals surface area contributed by atoms with Crippen LogP contribution in [0.4, 0.5) is 0 Å². The van der Waals surface area contributed by atoms with E-state index in [1.807, 2.05) is 31.2 Å². The van der Waals surface area contributed by atoms with Gasteiger partial charge in [-0.25, -0.2) is 14.2 Å². The Morgan fingerprint density at radius 3 is 2.36 bits per heavy atom. The number of carbonyl (C=O) groups excluding carboxylic acids is 1. The third-order valence-corrected chi connectivity index (χ3v) is 7.59. The summed E-state index contributed by atoms with van der Waals surface area (Å²) in [5, 5.41) is 0.420. The van der Waals surface area contributed by atoms with E-state index in [0.717, 1.165) is 25.2 Å². The van der Waals surface area contributed by atoms with Gasteiger partial charge in [0.15, 0.2) is 0 Å². The number of nitrogens with zero attached hydrogens (tertiary/aromatic N) is 2. The highest BCUT2D eigenvalue weighted by atomic mass is 79.9. The summed E-state index contributed by atoms with van der Waals surface area (Å²) in [6.45, 7) is 10.5. The van der Waals surface area contributed by atoms with Crippen LogP contribution in [0.15, 0.2) is 37.6 Å². The van der Waals surface area contributed by atoms with Crippen LogP contribution in [0.2, 0.25) is 0 Å². The number of fused-ring (bicyclic) bond motifs is 1. The van der Waals surface area contributed by atoms with Crippen LogP contribution in [0.5, 0.6) is 5.75 Å². The quantitative estimate of drug-likeness (QED) is 0.429. The van der Waals surface area contributed by atoms with E-state index in [0.29, 0.717) is 23.2 Å². The van der Waals surface area contributed by atoms with Gasteiger partial charge in [-0.1, -0.05) is 18.2 Å². The van der Waals surface area contributed by atoms with Crippen molar-refractivity contribution in [1.82, 2.24) is 9.13 Å². The molecule has 0 aliphatic heterocycles. The van der Waals surface area contributed by atoms with E-state index >= 15 is 0 Å². The van der Waals surface area contributed by atoms with Gasteiger partial charge in [-0.15, -0.1) is 11.3 Å². The third kappa shape index (κ3) is 4.80. The Morgan fingerprint density at radius 2 is 1.76 bits per heavy atom. The SMILES string of the molecule is COc1ccccc1CCn1c(=O)n(C(C)(C)C(=O)OC(C)(C)C)c(=O)c2c(C)c(Br)sc21. The van der Waals surface area contributed by atoms with Crippen LogP contribution in [0.3, 0.4) is 0 Å². The minimum absolute atomic E-state index is 0.312. The lowest BCUT2D eigenvalue weighted by Crippen LogP contribution is -2.54. The molecular weight excluding hydrogens is 508 g/mol. The molecule has 0 aliphatic carbocycles. The van der Waals surface area contributed by atoms with E-state index in [9.17, 15) is 14.4 Å². The molecule has 0 saturated carbocycles. The molecule has 2 heterocycles. The monoisotopic (exact) mass is 536 g/mol. The first kappa shape index (κ1) is 25.2. The molecule has 0 saturated heterocycles. The number of methoxy groups -OCH3 is 1. The number of thiophene rings is 1. The summed E-state index contributed by atoms with van der Waals surface area (Å²) < 4.78 is 14.3. The summed E-state index contributed by atoms with van der Waals surface area (Å²) in [4.78, 5) is 40.8. The maximum Gasteiger partial charge on any atom is 0.333 e. The molecule has 0 N–H and O–H groups in total. The van der Waals surface area contributed by atoms with Crippen molar-refractivity contribution < 1.29 is 14.3 Å². The number of hydrogen-bond acceptors (Lipinski definition) is 6. The Balaban J connectivity index is 2.22. The van der Waals surface area contributed by atoms with Crippen LogP contribution < -0.4 is 16.0 Å². The molecule has 0 unspecified atom stereocenters. The van der Waals surface area contributed by atoms with Gasteiger partial charge in [-0.05, 0) is 81.1 Å². The first-order valence-electron chi connectivity index (χ1n) is 10.6. The van der Waals surface area contributed by atoms with Crippen molar-refractivity contribution >= 4 is 43.5 Å². The number of benzene rings is 1. The number of carbonyl (C=O) groups is 1. The molecule has 0 bridgehead atoms. The summed E-state index contributed by atoms with van der Waals surface area (Å²) >= 11 is 4.84. The molecule has 1 aromatic carbocycles. The number of halogens is 1. The summed E-state index contributed by atoms with van der Waals surface area (Å²) in [6.07, 6.45) is 0.513. The fourth-order valence-electron chi connectivity index (χ4n) is 3.65. The average Bonchev–Trinajstić information content (AvgIpc) is 3.01. The number of esters is 1. The van der Waals surface area contributed by atoms with E-state index < -0.39 is 28.4 Å². The minimum Gasteiger partial charge on any atom is -0.496 e. The van der Waals surface area contributed by atoms with Crippen molar-refractivity contribution in [3.8, 4) is 5.75 Å². The Labute approximate surface area is 205 Å². The zero-order valence-electron chi connectivity index (χ0n) is 19.9. The molecule has 7 nitrogen and oxygen atoms in total. The van der Waals surface area contributed by atoms with Gasteiger partial charge in [-0.3, -0.25) is 9.36 Å². The average molecular weight is 537 g/mol. The molecule has 0 fully saturated rings. The number of rotatable bonds is 6. The Bertz CT molecular complexity index is 1330. The fourth-order valence-corrected chi connectivity index (χ4v) is 5.35. The second-order valence-corrected chi connectivity index (χ2v) is 11.7. The standard InChI is InChI=1S/C24H29BrN2O5S/c1-14-17-19(28)27(24(5,6)21(29)32-23(2,3)4)22(30)26(20(17)33-18(14)25)13-12-15-10-8-9-11-16(15)31-7/h8-11H,12-13H2,1-7H3. The van der Waals surface area contributed by atoms with Crippen LogP contribution in [0.25, 0.3) is 10.2 Å². The van der Waals surface area contributed by atoms with Crippen LogP contribution in [-0.4, -0.2) is 27.8 Å². The second-order valence-electron chi connectivity index (χ2n) is 9.38. The van der Waals surface area contributed by atoms with Crippen molar-refractivity contribution in [3.63, 3.8) is 0 Å². The van der Waals surface area contributed by atoms with Gasteiger partial charge in [-0.2, -0.15) is 0 Å². The van der Waals surface area contributed by atoms with Gasteiger partial charge in [0, 0.05) is 6.54 Å². The van der Waals surface area contributed by atoms with E-state index in [1.54, 1.807) is 32.4 Å². The molecule has 9 heteroatoms. The lowest BCUT2D eigenvalue weighted by Gasteiger charge is -2.30. The maximum atomic E-state index is 13.7. The molecule has 178 valence electrons. The van der Waals surface area contributed by atoms with Crippen LogP contribution in [0.1, 0.15) is 45.7 Å². The number of aromatic nitrogens is 2. The molecule has 3 rings (SSSR count). The Kier molecular flexibility index (Phi) is 6.96. The number of aryl methyl sites for hydroxylation is 3. The van der Waals surface area contributed by atoms with Crippen LogP contribution in [0, 0.1) is 6.92 Å². The Morgan fingerprint density at radius 1 is 1.12 bits per heavy atom. The summed E-state index contributed by atoms with van der Waals surface area (Å²) in [5.74, 6) is 0.0875. The predicted molar refractivity (Wildman–Crippen MR) is 135 cm³/mol. The largest absolute Gasteiger partial charge is 0.496 e. The zero-order valence-corrected chi connectivity index (χ0v) is 22.3. The molecule has 0 atom stereocenters. The van der Waals surface area contributed by atoms with Crippen molar-refractivity contribution in [2.45, 2.75) is 65.6 Å². The lowest BCUT2D eigenvalue weighted by molar-refractivity contribution is -0.164. The van der Waals surface area contributed by atoms with Gasteiger partial charge in [0.1, 0.15) is 21.7 Å². The molecule has 2 aromatic heterocycles. The minimum atomic E-state index is -1.50. The van der Waals surface area contributed by atoms with Crippen molar-refractivity contribution in [3.05, 3.63) is 60.0 Å². The van der Waals surface area contributed by atoms with Crippen molar-refractivity contribution in [2.75, 3.05) is 7.11 Å². The van der Waals surface area contributed by atoms with E-state index in [1.165, 1.54) is 25.2 Å². The highest BCUT2D eigenvalue weighted by Crippen LogP contribution is 2.33. The Hall–Kier alpha value is -2.39. The van der Waals surface area contributed by atoms with Crippen molar-refractivity contribution in [1.29, 1.82) is 0 Å². The van der Waals surface area contributed by atoms with Crippen molar-refractivity contribution in [2.24, 2.45) is 0 Å². The predicted octanol–water partition coefficient (Wildman–Crippen LogP) is 4.62. The lowest BCUT2D eigenvalue weighted by atomic mass is 10.0. The topological polar surface area (TPSA) is 79.5 Å². The molecule has 0 radical (unpaired) electrons. The fraction of sp³-hybridized carbons (Fsp3) is 0.458. The smallest absolute Gasteiger partial charge is 0.333 e. The number of para-hydroxylation sites is 1. The van der Waals surface area contributed by atoms with Gasteiger partial charge in [0.2, 0.25) is 0 Å². The molecule has 0 amide bonds. The van der Waals surface area contributed by atoms with E-state index in [-0.39, 0.29) is 0 Å². The number of ether oxygens (including phenoxy) is 2. The maximum absolute atomic E-state index is 13.7. The third-order valence-electron chi connectivity index (χ3n) is 5.41. The second kappa shape index (κ2) is 9.10. The van der Waals surface area contributed by atoms with Gasteiger partial charge >= 0.3 is 11.7 Å². The van der Waals surface area contributed by atoms with Crippen LogP contribution in [-0.2, 0) is 28.0 Å². The summed E-state index contributed by atoms with van der Waals surface area (Å²) in [5.41, 5.74) is -1.63. The van der Waals surface area contributed by atoms with E-state index in [4.69, 9.17) is 9.47 Å². The molecular formula is C24H29BrN2O5S.